The second-order valence-electron chi connectivity index (χ2n) is 3.89. The molecule has 0 N–H and O–H groups in total. The van der Waals surface area contributed by atoms with Crippen LogP contribution >= 0.6 is 11.3 Å². The Bertz CT molecular complexity index is 682. The number of rotatable bonds is 2. The van der Waals surface area contributed by atoms with Crippen LogP contribution in [0.4, 0.5) is 0 Å². The van der Waals surface area contributed by atoms with Gasteiger partial charge in [-0.2, -0.15) is 0 Å². The van der Waals surface area contributed by atoms with Crippen LogP contribution in [0.15, 0.2) is 53.9 Å². The van der Waals surface area contributed by atoms with Gasteiger partial charge in [-0.1, -0.05) is 36.4 Å². The molecule has 0 fully saturated rings. The largest absolute Gasteiger partial charge is 0.298 e. The predicted molar refractivity (Wildman–Crippen MR) is 72.6 cm³/mol. The molecule has 2 heteroatoms. The lowest BCUT2D eigenvalue weighted by atomic mass is 10.0. The smallest absolute Gasteiger partial charge is 0.150 e. The van der Waals surface area contributed by atoms with E-state index in [1.807, 2.05) is 24.3 Å². The summed E-state index contributed by atoms with van der Waals surface area (Å²) in [6.07, 6.45) is 0.887. The van der Waals surface area contributed by atoms with E-state index in [9.17, 15) is 4.79 Å². The first-order valence-electron chi connectivity index (χ1n) is 5.40. The molecule has 3 aromatic rings. The van der Waals surface area contributed by atoms with Crippen molar-refractivity contribution in [3.8, 4) is 11.1 Å². The number of fused-ring (bicyclic) bond motifs is 1. The highest BCUT2D eigenvalue weighted by atomic mass is 32.1. The van der Waals surface area contributed by atoms with Crippen LogP contribution in [0.3, 0.4) is 0 Å². The average Bonchev–Trinajstić information content (AvgIpc) is 2.87. The SMILES string of the molecule is O=Cc1cccc(-c2cccc3ccsc23)c1. The lowest BCUT2D eigenvalue weighted by Crippen LogP contribution is -1.82. The first kappa shape index (κ1) is 10.2. The number of carbonyl (C=O) groups excluding carboxylic acids is 1. The fraction of sp³-hybridized carbons (Fsp3) is 0. The average molecular weight is 238 g/mol. The molecule has 17 heavy (non-hydrogen) atoms. The van der Waals surface area contributed by atoms with Crippen LogP contribution in [0, 0.1) is 0 Å². The normalized spacial score (nSPS) is 10.6. The Labute approximate surface area is 103 Å². The van der Waals surface area contributed by atoms with Crippen LogP contribution in [0.25, 0.3) is 21.2 Å². The second-order valence-corrected chi connectivity index (χ2v) is 4.80. The molecule has 0 aliphatic heterocycles. The van der Waals surface area contributed by atoms with Crippen molar-refractivity contribution >= 4 is 27.7 Å². The second kappa shape index (κ2) is 4.15. The van der Waals surface area contributed by atoms with Gasteiger partial charge in [-0.05, 0) is 34.0 Å². The molecule has 0 atom stereocenters. The quantitative estimate of drug-likeness (QED) is 0.605. The minimum absolute atomic E-state index is 0.719. The highest BCUT2D eigenvalue weighted by Gasteiger charge is 2.04. The van der Waals surface area contributed by atoms with Crippen molar-refractivity contribution in [1.82, 2.24) is 0 Å². The molecule has 3 rings (SSSR count). The Kier molecular flexibility index (Phi) is 2.50. The van der Waals surface area contributed by atoms with Crippen LogP contribution in [0.5, 0.6) is 0 Å². The third kappa shape index (κ3) is 1.77. The summed E-state index contributed by atoms with van der Waals surface area (Å²) in [6, 6.07) is 16.1. The van der Waals surface area contributed by atoms with Crippen LogP contribution in [-0.4, -0.2) is 6.29 Å². The van der Waals surface area contributed by atoms with E-state index >= 15 is 0 Å². The molecule has 0 aliphatic carbocycles. The topological polar surface area (TPSA) is 17.1 Å². The number of thiophene rings is 1. The minimum Gasteiger partial charge on any atom is -0.298 e. The van der Waals surface area contributed by atoms with E-state index < -0.39 is 0 Å². The zero-order valence-corrected chi connectivity index (χ0v) is 9.91. The highest BCUT2D eigenvalue weighted by molar-refractivity contribution is 7.17. The third-order valence-corrected chi connectivity index (χ3v) is 3.78. The van der Waals surface area contributed by atoms with Crippen LogP contribution in [0.1, 0.15) is 10.4 Å². The van der Waals surface area contributed by atoms with Crippen LogP contribution in [0.2, 0.25) is 0 Å². The van der Waals surface area contributed by atoms with E-state index in [-0.39, 0.29) is 0 Å². The molecule has 1 nitrogen and oxygen atoms in total. The molecule has 0 bridgehead atoms. The molecule has 0 unspecified atom stereocenters. The molecule has 0 spiro atoms. The van der Waals surface area contributed by atoms with Gasteiger partial charge in [0.1, 0.15) is 6.29 Å². The predicted octanol–water partition coefficient (Wildman–Crippen LogP) is 4.38. The lowest BCUT2D eigenvalue weighted by molar-refractivity contribution is 0.112. The van der Waals surface area contributed by atoms with E-state index in [0.29, 0.717) is 0 Å². The van der Waals surface area contributed by atoms with Crippen molar-refractivity contribution in [2.75, 3.05) is 0 Å². The van der Waals surface area contributed by atoms with Gasteiger partial charge in [-0.25, -0.2) is 0 Å². The maximum Gasteiger partial charge on any atom is 0.150 e. The summed E-state index contributed by atoms with van der Waals surface area (Å²) in [5.74, 6) is 0. The van der Waals surface area contributed by atoms with E-state index in [1.165, 1.54) is 15.6 Å². The summed E-state index contributed by atoms with van der Waals surface area (Å²) in [5, 5.41) is 3.35. The van der Waals surface area contributed by atoms with Gasteiger partial charge in [-0.15, -0.1) is 11.3 Å². The van der Waals surface area contributed by atoms with E-state index in [4.69, 9.17) is 0 Å². The fourth-order valence-corrected chi connectivity index (χ4v) is 2.94. The van der Waals surface area contributed by atoms with Crippen molar-refractivity contribution < 1.29 is 4.79 Å². The number of carbonyl (C=O) groups is 1. The van der Waals surface area contributed by atoms with E-state index in [1.54, 1.807) is 11.3 Å². The molecular formula is C15H10OS. The molecular weight excluding hydrogens is 228 g/mol. The number of hydrogen-bond acceptors (Lipinski definition) is 2. The summed E-state index contributed by atoms with van der Waals surface area (Å²) < 4.78 is 1.27. The molecule has 1 aromatic heterocycles. The molecule has 2 aromatic carbocycles. The Balaban J connectivity index is 2.26. The van der Waals surface area contributed by atoms with Gasteiger partial charge in [0.25, 0.3) is 0 Å². The van der Waals surface area contributed by atoms with Crippen molar-refractivity contribution in [2.45, 2.75) is 0 Å². The highest BCUT2D eigenvalue weighted by Crippen LogP contribution is 2.32. The van der Waals surface area contributed by atoms with Crippen molar-refractivity contribution in [1.29, 1.82) is 0 Å². The van der Waals surface area contributed by atoms with Crippen LogP contribution in [-0.2, 0) is 0 Å². The summed E-state index contributed by atoms with van der Waals surface area (Å²) in [7, 11) is 0. The summed E-state index contributed by atoms with van der Waals surface area (Å²) in [5.41, 5.74) is 3.01. The Hall–Kier alpha value is -1.93. The van der Waals surface area contributed by atoms with Gasteiger partial charge in [0.15, 0.2) is 0 Å². The van der Waals surface area contributed by atoms with Gasteiger partial charge in [0, 0.05) is 10.3 Å². The zero-order chi connectivity index (χ0) is 11.7. The fourth-order valence-electron chi connectivity index (χ4n) is 2.00. The van der Waals surface area contributed by atoms with Crippen molar-refractivity contribution in [3.05, 3.63) is 59.5 Å². The zero-order valence-electron chi connectivity index (χ0n) is 9.09. The first-order valence-corrected chi connectivity index (χ1v) is 6.28. The lowest BCUT2D eigenvalue weighted by Gasteiger charge is -2.04. The maximum atomic E-state index is 10.8. The molecule has 0 saturated carbocycles. The van der Waals surface area contributed by atoms with Gasteiger partial charge in [0.05, 0.1) is 0 Å². The number of aldehydes is 1. The minimum atomic E-state index is 0.719. The number of benzene rings is 2. The molecule has 0 aliphatic rings. The maximum absolute atomic E-state index is 10.8. The van der Waals surface area contributed by atoms with Crippen molar-refractivity contribution in [3.63, 3.8) is 0 Å². The van der Waals surface area contributed by atoms with Gasteiger partial charge in [0.2, 0.25) is 0 Å². The van der Waals surface area contributed by atoms with Crippen LogP contribution < -0.4 is 0 Å². The first-order chi connectivity index (χ1) is 8.38. The Morgan fingerprint density at radius 2 is 1.88 bits per heavy atom. The van der Waals surface area contributed by atoms with Crippen molar-refractivity contribution in [2.24, 2.45) is 0 Å². The van der Waals surface area contributed by atoms with E-state index in [0.717, 1.165) is 17.4 Å². The molecule has 82 valence electrons. The standard InChI is InChI=1S/C15H10OS/c16-10-11-3-1-5-13(9-11)14-6-2-4-12-7-8-17-15(12)14/h1-10H. The van der Waals surface area contributed by atoms with Gasteiger partial charge in [-0.3, -0.25) is 4.79 Å². The Morgan fingerprint density at radius 1 is 1.00 bits per heavy atom. The van der Waals surface area contributed by atoms with Gasteiger partial charge >= 0.3 is 0 Å². The molecule has 1 heterocycles. The monoisotopic (exact) mass is 238 g/mol. The summed E-state index contributed by atoms with van der Waals surface area (Å²) >= 11 is 1.73. The van der Waals surface area contributed by atoms with Gasteiger partial charge < -0.3 is 0 Å². The molecule has 0 radical (unpaired) electrons. The third-order valence-electron chi connectivity index (χ3n) is 2.81. The molecule has 0 saturated heterocycles. The Morgan fingerprint density at radius 3 is 2.76 bits per heavy atom. The number of hydrogen-bond donors (Lipinski definition) is 0. The summed E-state index contributed by atoms with van der Waals surface area (Å²) in [4.78, 5) is 10.8. The molecule has 0 amide bonds. The van der Waals surface area contributed by atoms with E-state index in [2.05, 4.69) is 29.6 Å². The summed E-state index contributed by atoms with van der Waals surface area (Å²) in [6.45, 7) is 0.